The van der Waals surface area contributed by atoms with Gasteiger partial charge in [0.25, 0.3) is 0 Å². The molecule has 0 fully saturated rings. The number of esters is 6. The van der Waals surface area contributed by atoms with Crippen LogP contribution < -0.4 is 0 Å². The van der Waals surface area contributed by atoms with Crippen LogP contribution in [0.3, 0.4) is 0 Å². The second kappa shape index (κ2) is 60.3. The summed E-state index contributed by atoms with van der Waals surface area (Å²) in [6.45, 7) is 9.33. The topological polar surface area (TPSA) is 185 Å². The van der Waals surface area contributed by atoms with E-state index in [0.29, 0.717) is 6.54 Å². The van der Waals surface area contributed by atoms with E-state index in [1.54, 1.807) is 11.9 Å². The van der Waals surface area contributed by atoms with E-state index in [0.717, 1.165) is 116 Å². The first-order valence-corrected chi connectivity index (χ1v) is 34.8. The maximum absolute atomic E-state index is 13.9. The number of urea groups is 1. The van der Waals surface area contributed by atoms with Gasteiger partial charge in [-0.1, -0.05) is 233 Å². The molecule has 0 rings (SSSR count). The molecular formula is C69H129N3O13. The molecule has 0 atom stereocenters. The van der Waals surface area contributed by atoms with Crippen LogP contribution >= 0.6 is 0 Å². The minimum Gasteiger partial charge on any atom is -0.465 e. The fourth-order valence-electron chi connectivity index (χ4n) is 10.2. The molecule has 0 aromatic rings. The van der Waals surface area contributed by atoms with Crippen LogP contribution in [0.25, 0.3) is 0 Å². The van der Waals surface area contributed by atoms with Crippen LogP contribution in [-0.2, 0) is 57.2 Å². The molecule has 85 heavy (non-hydrogen) atoms. The molecule has 498 valence electrons. The zero-order chi connectivity index (χ0) is 62.6. The second-order valence-corrected chi connectivity index (χ2v) is 24.5. The molecular weight excluding hydrogens is 1080 g/mol. The molecule has 0 radical (unpaired) electrons. The average Bonchev–Trinajstić information content (AvgIpc) is 3.52. The lowest BCUT2D eigenvalue weighted by atomic mass is 10.1. The number of carbonyl (C=O) groups excluding carboxylic acids is 7. The highest BCUT2D eigenvalue weighted by Gasteiger charge is 2.24. The number of carbonyl (C=O) groups is 7. The van der Waals surface area contributed by atoms with E-state index >= 15 is 0 Å². The molecule has 0 N–H and O–H groups in total. The average molecular weight is 1210 g/mol. The van der Waals surface area contributed by atoms with E-state index in [1.807, 2.05) is 19.0 Å². The van der Waals surface area contributed by atoms with E-state index in [9.17, 15) is 33.6 Å². The van der Waals surface area contributed by atoms with Gasteiger partial charge in [-0.3, -0.25) is 28.8 Å². The molecule has 0 heterocycles. The number of unbranched alkanes of at least 4 members (excludes halogenated alkanes) is 32. The van der Waals surface area contributed by atoms with Gasteiger partial charge in [0.05, 0.1) is 52.4 Å². The number of hydrogen-bond acceptors (Lipinski definition) is 14. The van der Waals surface area contributed by atoms with Gasteiger partial charge >= 0.3 is 41.8 Å². The standard InChI is InChI=1S/C69H129N3O13/c1-8-12-16-20-24-28-32-36-40-45-63(73)82-57-61(58-83-64(74)46-41-37-33-29-25-21-17-13-9-2)55-67(77)80-53-51-72(69(79)71(7)50-44-49-70(5)6)52-54-81-68(78)56-62(59-84-65(75)47-42-38-34-30-26-22-18-14-10-3)60-85-66(76)48-43-39-35-31-27-23-19-15-11-4/h61-62H,8-60H2,1-7H3. The van der Waals surface area contributed by atoms with Crippen LogP contribution in [0.4, 0.5) is 4.79 Å². The third kappa shape index (κ3) is 55.1. The van der Waals surface area contributed by atoms with Gasteiger partial charge in [0, 0.05) is 51.1 Å². The Morgan fingerprint density at radius 3 is 0.776 bits per heavy atom. The summed E-state index contributed by atoms with van der Waals surface area (Å²) in [5.74, 6) is -3.85. The summed E-state index contributed by atoms with van der Waals surface area (Å²) in [6.07, 6.45) is 41.9. The van der Waals surface area contributed by atoms with Gasteiger partial charge in [0.1, 0.15) is 13.2 Å². The lowest BCUT2D eigenvalue weighted by Crippen LogP contribution is -2.45. The van der Waals surface area contributed by atoms with E-state index in [4.69, 9.17) is 28.4 Å². The molecule has 0 bridgehead atoms. The van der Waals surface area contributed by atoms with Crippen LogP contribution in [-0.4, -0.2) is 144 Å². The van der Waals surface area contributed by atoms with Crippen LogP contribution in [0.15, 0.2) is 0 Å². The van der Waals surface area contributed by atoms with Gasteiger partial charge < -0.3 is 43.1 Å². The number of rotatable bonds is 62. The van der Waals surface area contributed by atoms with Crippen molar-refractivity contribution in [3.05, 3.63) is 0 Å². The SMILES string of the molecule is CCCCCCCCCCCC(=O)OCC(COC(=O)CCCCCCCCCCC)CC(=O)OCCN(CCOC(=O)CC(COC(=O)CCCCCCCCCCC)COC(=O)CCCCCCCCCCC)C(=O)N(C)CCCN(C)C. The highest BCUT2D eigenvalue weighted by Crippen LogP contribution is 2.18. The number of hydrogen-bond donors (Lipinski definition) is 0. The van der Waals surface area contributed by atoms with Crippen molar-refractivity contribution in [1.82, 2.24) is 14.7 Å². The molecule has 0 saturated heterocycles. The first-order chi connectivity index (χ1) is 41.3. The highest BCUT2D eigenvalue weighted by atomic mass is 16.6. The summed E-state index contributed by atoms with van der Waals surface area (Å²) in [6, 6.07) is -0.336. The van der Waals surface area contributed by atoms with Gasteiger partial charge in [-0.15, -0.1) is 0 Å². The summed E-state index contributed by atoms with van der Waals surface area (Å²) in [5.41, 5.74) is 0. The molecule has 0 aliphatic heterocycles. The normalized spacial score (nSPS) is 11.3. The number of ether oxygens (including phenoxy) is 6. The molecule has 0 unspecified atom stereocenters. The summed E-state index contributed by atoms with van der Waals surface area (Å²) < 4.78 is 33.9. The molecule has 16 nitrogen and oxygen atoms in total. The first-order valence-electron chi connectivity index (χ1n) is 34.8. The maximum Gasteiger partial charge on any atom is 0.319 e. The highest BCUT2D eigenvalue weighted by molar-refractivity contribution is 5.75. The Kier molecular flexibility index (Phi) is 57.5. The Morgan fingerprint density at radius 1 is 0.282 bits per heavy atom. The zero-order valence-corrected chi connectivity index (χ0v) is 55.8. The minimum atomic E-state index is -0.623. The Morgan fingerprint density at radius 2 is 0.529 bits per heavy atom. The predicted molar refractivity (Wildman–Crippen MR) is 342 cm³/mol. The van der Waals surface area contributed by atoms with Crippen molar-refractivity contribution < 1.29 is 62.0 Å². The predicted octanol–water partition coefficient (Wildman–Crippen LogP) is 16.2. The summed E-state index contributed by atoms with van der Waals surface area (Å²) in [7, 11) is 5.62. The molecule has 0 aromatic carbocycles. The van der Waals surface area contributed by atoms with E-state index < -0.39 is 23.8 Å². The molecule has 0 aliphatic rings. The second-order valence-electron chi connectivity index (χ2n) is 24.5. The monoisotopic (exact) mass is 1210 g/mol. The third-order valence-electron chi connectivity index (χ3n) is 15.7. The Labute approximate surface area is 519 Å². The summed E-state index contributed by atoms with van der Waals surface area (Å²) >= 11 is 0. The lowest BCUT2D eigenvalue weighted by Gasteiger charge is -2.28. The van der Waals surface area contributed by atoms with Crippen molar-refractivity contribution in [2.45, 2.75) is 304 Å². The van der Waals surface area contributed by atoms with Crippen molar-refractivity contribution in [3.8, 4) is 0 Å². The fraction of sp³-hybridized carbons (Fsp3) is 0.899. The minimum absolute atomic E-state index is 0.00128. The van der Waals surface area contributed by atoms with Crippen molar-refractivity contribution >= 4 is 41.8 Å². The van der Waals surface area contributed by atoms with Gasteiger partial charge in [-0.05, 0) is 52.7 Å². The lowest BCUT2D eigenvalue weighted by molar-refractivity contribution is -0.155. The molecule has 0 saturated carbocycles. The number of amides is 2. The van der Waals surface area contributed by atoms with Crippen LogP contribution in [0, 0.1) is 11.8 Å². The molecule has 2 amide bonds. The quantitative estimate of drug-likeness (QED) is 0.0318. The zero-order valence-electron chi connectivity index (χ0n) is 55.8. The smallest absolute Gasteiger partial charge is 0.319 e. The van der Waals surface area contributed by atoms with E-state index in [2.05, 4.69) is 27.7 Å². The Hall–Kier alpha value is -3.95. The van der Waals surface area contributed by atoms with E-state index in [1.165, 1.54) is 133 Å². The first kappa shape index (κ1) is 81.0. The fourth-order valence-corrected chi connectivity index (χ4v) is 10.2. The van der Waals surface area contributed by atoms with Gasteiger partial charge in [0.2, 0.25) is 0 Å². The van der Waals surface area contributed by atoms with Crippen molar-refractivity contribution in [1.29, 1.82) is 0 Å². The van der Waals surface area contributed by atoms with Crippen LogP contribution in [0.1, 0.15) is 304 Å². The van der Waals surface area contributed by atoms with Gasteiger partial charge in [-0.25, -0.2) is 4.79 Å². The van der Waals surface area contributed by atoms with Crippen LogP contribution in [0.5, 0.6) is 0 Å². The third-order valence-corrected chi connectivity index (χ3v) is 15.7. The van der Waals surface area contributed by atoms with Crippen LogP contribution in [0.2, 0.25) is 0 Å². The molecule has 0 aliphatic carbocycles. The van der Waals surface area contributed by atoms with Gasteiger partial charge in [0.15, 0.2) is 0 Å². The van der Waals surface area contributed by atoms with E-state index in [-0.39, 0.29) is 121 Å². The molecule has 0 aromatic heterocycles. The number of nitrogens with zero attached hydrogens (tertiary/aromatic N) is 3. The Balaban J connectivity index is 5.71. The van der Waals surface area contributed by atoms with Crippen molar-refractivity contribution in [3.63, 3.8) is 0 Å². The summed E-state index contributed by atoms with van der Waals surface area (Å²) in [4.78, 5) is 97.2. The largest absolute Gasteiger partial charge is 0.465 e. The summed E-state index contributed by atoms with van der Waals surface area (Å²) in [5, 5.41) is 0. The van der Waals surface area contributed by atoms with Crippen molar-refractivity contribution in [2.75, 3.05) is 87.0 Å². The van der Waals surface area contributed by atoms with Gasteiger partial charge in [-0.2, -0.15) is 0 Å². The maximum atomic E-state index is 13.9. The van der Waals surface area contributed by atoms with Crippen molar-refractivity contribution in [2.24, 2.45) is 11.8 Å². The Bertz CT molecular complexity index is 1460. The molecule has 0 spiro atoms. The molecule has 16 heteroatoms.